The molecule has 0 atom stereocenters. The highest BCUT2D eigenvalue weighted by Gasteiger charge is 1.97. The van der Waals surface area contributed by atoms with E-state index in [1.807, 2.05) is 53.2 Å². The molecule has 74 valence electrons. The Morgan fingerprint density at radius 2 is 2.07 bits per heavy atom. The molecular weight excluding hydrogens is 176 g/mol. The Kier molecular flexibility index (Phi) is 2.53. The number of hydrogen-bond acceptors (Lipinski definition) is 2. The minimum absolute atomic E-state index is 0.888. The van der Waals surface area contributed by atoms with E-state index >= 15 is 0 Å². The number of aryl methyl sites for hydroxylation is 1. The summed E-state index contributed by atoms with van der Waals surface area (Å²) in [6.07, 6.45) is 8.69. The van der Waals surface area contributed by atoms with Crippen LogP contribution in [0.15, 0.2) is 36.9 Å². The van der Waals surface area contributed by atoms with Gasteiger partial charge in [-0.1, -0.05) is 0 Å². The molecule has 4 nitrogen and oxygen atoms in total. The van der Waals surface area contributed by atoms with Crippen molar-refractivity contribution >= 4 is 0 Å². The van der Waals surface area contributed by atoms with Crippen LogP contribution in [0.4, 0.5) is 0 Å². The number of rotatable bonds is 4. The van der Waals surface area contributed by atoms with E-state index in [-0.39, 0.29) is 0 Å². The molecule has 0 amide bonds. The molecular formula is C10H14N4. The van der Waals surface area contributed by atoms with Crippen LogP contribution in [0.2, 0.25) is 0 Å². The van der Waals surface area contributed by atoms with Gasteiger partial charge in [-0.25, -0.2) is 4.98 Å². The van der Waals surface area contributed by atoms with Gasteiger partial charge in [0.05, 0.1) is 0 Å². The lowest BCUT2D eigenvalue weighted by Gasteiger charge is -2.06. The number of aromatic nitrogens is 3. The molecule has 2 aromatic heterocycles. The maximum absolute atomic E-state index is 4.25. The van der Waals surface area contributed by atoms with Crippen molar-refractivity contribution in [1.29, 1.82) is 0 Å². The topological polar surface area (TPSA) is 34.8 Å². The third kappa shape index (κ3) is 1.96. The van der Waals surface area contributed by atoms with Gasteiger partial charge in [-0.05, 0) is 12.1 Å². The normalized spacial score (nSPS) is 10.4. The van der Waals surface area contributed by atoms with Crippen molar-refractivity contribution in [3.63, 3.8) is 0 Å². The van der Waals surface area contributed by atoms with E-state index in [4.69, 9.17) is 0 Å². The van der Waals surface area contributed by atoms with E-state index in [9.17, 15) is 0 Å². The maximum Gasteiger partial charge on any atom is 0.110 e. The second-order valence-electron chi connectivity index (χ2n) is 3.20. The number of nitrogens with one attached hydrogen (secondary N) is 1. The highest BCUT2D eigenvalue weighted by atomic mass is 15.4. The Bertz CT molecular complexity index is 374. The van der Waals surface area contributed by atoms with Gasteiger partial charge in [-0.15, -0.1) is 0 Å². The Hall–Kier alpha value is -1.71. The zero-order chi connectivity index (χ0) is 9.80. The zero-order valence-electron chi connectivity index (χ0n) is 8.22. The first kappa shape index (κ1) is 8.87. The molecule has 0 saturated carbocycles. The maximum atomic E-state index is 4.25. The van der Waals surface area contributed by atoms with Gasteiger partial charge < -0.3 is 9.99 Å². The molecule has 14 heavy (non-hydrogen) atoms. The molecule has 4 heteroatoms. The van der Waals surface area contributed by atoms with Crippen molar-refractivity contribution in [2.45, 2.75) is 6.42 Å². The summed E-state index contributed by atoms with van der Waals surface area (Å²) in [6, 6.07) is 3.99. The summed E-state index contributed by atoms with van der Waals surface area (Å²) in [7, 11) is 2.01. The molecule has 0 bridgehead atoms. The van der Waals surface area contributed by atoms with Crippen molar-refractivity contribution in [2.75, 3.05) is 12.0 Å². The Morgan fingerprint density at radius 1 is 1.29 bits per heavy atom. The summed E-state index contributed by atoms with van der Waals surface area (Å²) in [5.41, 5.74) is 3.25. The second-order valence-corrected chi connectivity index (χ2v) is 3.20. The van der Waals surface area contributed by atoms with Crippen LogP contribution >= 0.6 is 0 Å². The average Bonchev–Trinajstić information content (AvgIpc) is 2.78. The predicted molar refractivity (Wildman–Crippen MR) is 55.6 cm³/mol. The van der Waals surface area contributed by atoms with E-state index < -0.39 is 0 Å². The highest BCUT2D eigenvalue weighted by Crippen LogP contribution is 1.94. The van der Waals surface area contributed by atoms with Gasteiger partial charge in [0.2, 0.25) is 0 Å². The molecule has 2 aromatic rings. The lowest BCUT2D eigenvalue weighted by atomic mass is 10.4. The molecule has 0 aromatic carbocycles. The summed E-state index contributed by atoms with van der Waals surface area (Å²) >= 11 is 0. The number of hydrogen-bond donors (Lipinski definition) is 1. The minimum atomic E-state index is 0.888. The van der Waals surface area contributed by atoms with E-state index in [1.54, 1.807) is 0 Å². The molecule has 0 spiro atoms. The van der Waals surface area contributed by atoms with Gasteiger partial charge in [0, 0.05) is 44.8 Å². The molecule has 0 fully saturated rings. The average molecular weight is 190 g/mol. The molecule has 1 N–H and O–H groups in total. The fourth-order valence-corrected chi connectivity index (χ4v) is 1.37. The van der Waals surface area contributed by atoms with Crippen molar-refractivity contribution in [3.8, 4) is 0 Å². The fraction of sp³-hybridized carbons (Fsp3) is 0.300. The molecule has 0 radical (unpaired) electrons. The lowest BCUT2D eigenvalue weighted by Crippen LogP contribution is -2.16. The SMILES string of the molecule is Cn1ccnc1CCNn1cccc1. The molecule has 0 saturated heterocycles. The minimum Gasteiger partial charge on any atom is -0.338 e. The third-order valence-corrected chi connectivity index (χ3v) is 2.17. The molecule has 0 aliphatic rings. The van der Waals surface area contributed by atoms with Crippen LogP contribution < -0.4 is 5.43 Å². The Morgan fingerprint density at radius 3 is 2.71 bits per heavy atom. The van der Waals surface area contributed by atoms with Crippen molar-refractivity contribution in [2.24, 2.45) is 7.05 Å². The van der Waals surface area contributed by atoms with Gasteiger partial charge in [-0.2, -0.15) is 0 Å². The molecule has 2 rings (SSSR count). The first-order chi connectivity index (χ1) is 6.86. The van der Waals surface area contributed by atoms with E-state index in [0.717, 1.165) is 18.8 Å². The number of imidazole rings is 1. The molecule has 0 aliphatic heterocycles. The third-order valence-electron chi connectivity index (χ3n) is 2.17. The largest absolute Gasteiger partial charge is 0.338 e. The van der Waals surface area contributed by atoms with Crippen molar-refractivity contribution < 1.29 is 0 Å². The smallest absolute Gasteiger partial charge is 0.110 e. The first-order valence-corrected chi connectivity index (χ1v) is 4.69. The summed E-state index contributed by atoms with van der Waals surface area (Å²) in [5.74, 6) is 1.10. The number of nitrogens with zero attached hydrogens (tertiary/aromatic N) is 3. The molecule has 2 heterocycles. The van der Waals surface area contributed by atoms with Gasteiger partial charge in [0.15, 0.2) is 0 Å². The van der Waals surface area contributed by atoms with E-state index in [2.05, 4.69) is 10.4 Å². The summed E-state index contributed by atoms with van der Waals surface area (Å²) in [5, 5.41) is 0. The van der Waals surface area contributed by atoms with Gasteiger partial charge in [0.1, 0.15) is 5.82 Å². The van der Waals surface area contributed by atoms with Crippen LogP contribution in [0.5, 0.6) is 0 Å². The zero-order valence-corrected chi connectivity index (χ0v) is 8.22. The molecule has 0 aliphatic carbocycles. The van der Waals surface area contributed by atoms with E-state index in [1.165, 1.54) is 0 Å². The highest BCUT2D eigenvalue weighted by molar-refractivity contribution is 4.96. The lowest BCUT2D eigenvalue weighted by molar-refractivity contribution is 0.750. The quantitative estimate of drug-likeness (QED) is 0.780. The molecule has 0 unspecified atom stereocenters. The summed E-state index contributed by atoms with van der Waals surface area (Å²) < 4.78 is 3.99. The van der Waals surface area contributed by atoms with Crippen LogP contribution in [0.3, 0.4) is 0 Å². The van der Waals surface area contributed by atoms with Gasteiger partial charge >= 0.3 is 0 Å². The van der Waals surface area contributed by atoms with Gasteiger partial charge in [0.25, 0.3) is 0 Å². The monoisotopic (exact) mass is 190 g/mol. The predicted octanol–water partition coefficient (Wildman–Crippen LogP) is 1.01. The standard InChI is InChI=1S/C10H14N4/c1-13-9-6-11-10(13)4-5-12-14-7-2-3-8-14/h2-3,6-9,12H,4-5H2,1H3. The fourth-order valence-electron chi connectivity index (χ4n) is 1.37. The van der Waals surface area contributed by atoms with Crippen molar-refractivity contribution in [1.82, 2.24) is 14.2 Å². The van der Waals surface area contributed by atoms with Crippen LogP contribution in [0, 0.1) is 0 Å². The van der Waals surface area contributed by atoms with Crippen LogP contribution in [0.1, 0.15) is 5.82 Å². The summed E-state index contributed by atoms with van der Waals surface area (Å²) in [6.45, 7) is 0.888. The van der Waals surface area contributed by atoms with Crippen molar-refractivity contribution in [3.05, 3.63) is 42.7 Å². The van der Waals surface area contributed by atoms with Crippen LogP contribution in [-0.4, -0.2) is 20.8 Å². The second kappa shape index (κ2) is 4.00. The van der Waals surface area contributed by atoms with Crippen LogP contribution in [-0.2, 0) is 13.5 Å². The Balaban J connectivity index is 1.81. The van der Waals surface area contributed by atoms with Gasteiger partial charge in [-0.3, -0.25) is 4.68 Å². The van der Waals surface area contributed by atoms with Crippen LogP contribution in [0.25, 0.3) is 0 Å². The first-order valence-electron chi connectivity index (χ1n) is 4.69. The summed E-state index contributed by atoms with van der Waals surface area (Å²) in [4.78, 5) is 4.25. The Labute approximate surface area is 83.2 Å². The van der Waals surface area contributed by atoms with E-state index in [0.29, 0.717) is 0 Å².